The quantitative estimate of drug-likeness (QED) is 0.291. The third kappa shape index (κ3) is 14.3. The lowest BCUT2D eigenvalue weighted by molar-refractivity contribution is -0.384. The van der Waals surface area contributed by atoms with E-state index >= 15 is 0 Å². The molecule has 0 heterocycles. The van der Waals surface area contributed by atoms with E-state index in [1.807, 2.05) is 41.5 Å². The van der Waals surface area contributed by atoms with Crippen molar-refractivity contribution in [2.45, 2.75) is 41.5 Å². The Kier molecular flexibility index (Phi) is 27.3. The predicted octanol–water partition coefficient (Wildman–Crippen LogP) is 6.47. The molecule has 0 unspecified atom stereocenters. The van der Waals surface area contributed by atoms with E-state index in [2.05, 4.69) is 13.2 Å². The van der Waals surface area contributed by atoms with E-state index in [-0.39, 0.29) is 11.8 Å². The maximum atomic E-state index is 10.5. The number of hydrogen-bond donors (Lipinski definition) is 1. The van der Waals surface area contributed by atoms with Gasteiger partial charge in [0, 0.05) is 6.07 Å². The van der Waals surface area contributed by atoms with Crippen molar-refractivity contribution in [1.82, 2.24) is 6.15 Å². The molecule has 0 amide bonds. The van der Waals surface area contributed by atoms with Crippen molar-refractivity contribution in [2.75, 3.05) is 0 Å². The Bertz CT molecular complexity index is 455. The topological polar surface area (TPSA) is 87.4 Å². The van der Waals surface area contributed by atoms with Crippen LogP contribution in [0, 0.1) is 10.1 Å². The Labute approximate surface area is 141 Å². The highest BCUT2D eigenvalue weighted by molar-refractivity contribution is 5.39. The molecule has 132 valence electrons. The SMILES string of the molecule is C=C/C=C(\C=C)Oc1cccc([N+](=O)[O-])c1.CC.CC.CC.N. The molecule has 0 radical (unpaired) electrons. The fraction of sp³-hybridized carbons (Fsp3) is 0.333. The minimum absolute atomic E-state index is 0. The summed E-state index contributed by atoms with van der Waals surface area (Å²) in [6.07, 6.45) is 4.67. The molecule has 1 rings (SSSR count). The van der Waals surface area contributed by atoms with Gasteiger partial charge >= 0.3 is 0 Å². The molecular formula is C18H32N2O3. The smallest absolute Gasteiger partial charge is 0.273 e. The van der Waals surface area contributed by atoms with Crippen LogP contribution in [0.2, 0.25) is 0 Å². The van der Waals surface area contributed by atoms with E-state index in [1.54, 1.807) is 24.3 Å². The molecule has 5 nitrogen and oxygen atoms in total. The van der Waals surface area contributed by atoms with Crippen LogP contribution in [0.3, 0.4) is 0 Å². The average Bonchev–Trinajstić information content (AvgIpc) is 2.60. The summed E-state index contributed by atoms with van der Waals surface area (Å²) in [5, 5.41) is 10.5. The summed E-state index contributed by atoms with van der Waals surface area (Å²) in [6.45, 7) is 19.1. The highest BCUT2D eigenvalue weighted by atomic mass is 16.6. The number of nitro benzene ring substituents is 1. The van der Waals surface area contributed by atoms with Gasteiger partial charge in [-0.3, -0.25) is 10.1 Å². The molecule has 0 aliphatic carbocycles. The maximum Gasteiger partial charge on any atom is 0.273 e. The first kappa shape index (κ1) is 28.7. The highest BCUT2D eigenvalue weighted by Crippen LogP contribution is 2.21. The molecule has 0 aliphatic heterocycles. The predicted molar refractivity (Wildman–Crippen MR) is 101 cm³/mol. The van der Waals surface area contributed by atoms with Gasteiger partial charge in [-0.15, -0.1) is 0 Å². The van der Waals surface area contributed by atoms with Crippen LogP contribution in [0.1, 0.15) is 41.5 Å². The maximum absolute atomic E-state index is 10.5. The zero-order chi connectivity index (χ0) is 18.0. The van der Waals surface area contributed by atoms with Crippen molar-refractivity contribution in [2.24, 2.45) is 0 Å². The number of benzene rings is 1. The standard InChI is InChI=1S/C12H11NO3.3C2H6.H3N/c1-3-6-11(4-2)16-12-8-5-7-10(9-12)13(14)15;3*1-2;/h3-9H,1-2H2;3*1-2H3;1H3/b11-6+;;;;. The molecule has 23 heavy (non-hydrogen) atoms. The largest absolute Gasteiger partial charge is 0.457 e. The van der Waals surface area contributed by atoms with Crippen molar-refractivity contribution in [3.05, 3.63) is 71.5 Å². The van der Waals surface area contributed by atoms with Gasteiger partial charge in [0.05, 0.1) is 11.0 Å². The van der Waals surface area contributed by atoms with Gasteiger partial charge in [0.2, 0.25) is 0 Å². The summed E-state index contributed by atoms with van der Waals surface area (Å²) in [5.74, 6) is 0.873. The second kappa shape index (κ2) is 21.9. The Hall–Kier alpha value is -2.40. The average molecular weight is 324 g/mol. The van der Waals surface area contributed by atoms with Crippen molar-refractivity contribution in [3.63, 3.8) is 0 Å². The van der Waals surface area contributed by atoms with E-state index in [9.17, 15) is 10.1 Å². The van der Waals surface area contributed by atoms with Crippen molar-refractivity contribution in [3.8, 4) is 5.75 Å². The Morgan fingerprint density at radius 1 is 1.13 bits per heavy atom. The summed E-state index contributed by atoms with van der Waals surface area (Å²) >= 11 is 0. The van der Waals surface area contributed by atoms with Crippen LogP contribution in [-0.4, -0.2) is 4.92 Å². The van der Waals surface area contributed by atoms with Crippen molar-refractivity contribution < 1.29 is 9.66 Å². The van der Waals surface area contributed by atoms with Crippen LogP contribution < -0.4 is 10.9 Å². The lowest BCUT2D eigenvalue weighted by Gasteiger charge is -2.04. The zero-order valence-corrected chi connectivity index (χ0v) is 15.3. The zero-order valence-electron chi connectivity index (χ0n) is 15.3. The van der Waals surface area contributed by atoms with Crippen LogP contribution in [0.4, 0.5) is 5.69 Å². The lowest BCUT2D eigenvalue weighted by atomic mass is 10.3. The van der Waals surface area contributed by atoms with E-state index in [0.29, 0.717) is 11.5 Å². The molecule has 0 saturated heterocycles. The molecule has 5 heteroatoms. The molecule has 0 aromatic heterocycles. The van der Waals surface area contributed by atoms with Gasteiger partial charge in [0.25, 0.3) is 5.69 Å². The number of rotatable bonds is 5. The van der Waals surface area contributed by atoms with Gasteiger partial charge < -0.3 is 10.9 Å². The summed E-state index contributed by atoms with van der Waals surface area (Å²) in [6, 6.07) is 5.94. The van der Waals surface area contributed by atoms with Crippen LogP contribution in [-0.2, 0) is 0 Å². The number of nitrogens with zero attached hydrogens (tertiary/aromatic N) is 1. The van der Waals surface area contributed by atoms with Gasteiger partial charge in [0.15, 0.2) is 0 Å². The number of non-ortho nitro benzene ring substituents is 1. The Morgan fingerprint density at radius 3 is 2.04 bits per heavy atom. The number of hydrogen-bond acceptors (Lipinski definition) is 4. The van der Waals surface area contributed by atoms with Gasteiger partial charge in [-0.05, 0) is 18.2 Å². The number of allylic oxidation sites excluding steroid dienone is 3. The molecule has 3 N–H and O–H groups in total. The van der Waals surface area contributed by atoms with E-state index in [0.717, 1.165) is 0 Å². The van der Waals surface area contributed by atoms with Crippen LogP contribution in [0.25, 0.3) is 0 Å². The minimum atomic E-state index is -0.475. The van der Waals surface area contributed by atoms with Gasteiger partial charge in [0.1, 0.15) is 11.5 Å². The van der Waals surface area contributed by atoms with Crippen LogP contribution in [0.5, 0.6) is 5.75 Å². The molecule has 0 saturated carbocycles. The van der Waals surface area contributed by atoms with E-state index < -0.39 is 4.92 Å². The van der Waals surface area contributed by atoms with E-state index in [4.69, 9.17) is 4.74 Å². The second-order valence-electron chi connectivity index (χ2n) is 2.87. The summed E-state index contributed by atoms with van der Waals surface area (Å²) < 4.78 is 5.36. The monoisotopic (exact) mass is 324 g/mol. The fourth-order valence-corrected chi connectivity index (χ4v) is 1.06. The number of ether oxygens (including phenoxy) is 1. The van der Waals surface area contributed by atoms with E-state index in [1.165, 1.54) is 18.2 Å². The minimum Gasteiger partial charge on any atom is -0.457 e. The first-order chi connectivity index (χ1) is 10.7. The molecule has 0 atom stereocenters. The third-order valence-corrected chi connectivity index (χ3v) is 1.75. The normalized spacial score (nSPS) is 8.17. The molecule has 0 spiro atoms. The Morgan fingerprint density at radius 2 is 1.65 bits per heavy atom. The van der Waals surface area contributed by atoms with Gasteiger partial charge in [-0.2, -0.15) is 0 Å². The summed E-state index contributed by atoms with van der Waals surface area (Å²) in [7, 11) is 0. The summed E-state index contributed by atoms with van der Waals surface area (Å²) in [5.41, 5.74) is -0.0143. The first-order valence-electron chi connectivity index (χ1n) is 7.55. The summed E-state index contributed by atoms with van der Waals surface area (Å²) in [4.78, 5) is 10.1. The molecule has 0 aliphatic rings. The molecule has 1 aromatic carbocycles. The van der Waals surface area contributed by atoms with Gasteiger partial charge in [-0.1, -0.05) is 66.8 Å². The third-order valence-electron chi connectivity index (χ3n) is 1.75. The Balaban J connectivity index is -0.000000231. The van der Waals surface area contributed by atoms with Crippen molar-refractivity contribution >= 4 is 5.69 Å². The molecule has 0 bridgehead atoms. The molecule has 0 fully saturated rings. The molecule has 1 aromatic rings. The number of nitro groups is 1. The van der Waals surface area contributed by atoms with Crippen molar-refractivity contribution in [1.29, 1.82) is 0 Å². The molecular weight excluding hydrogens is 292 g/mol. The highest BCUT2D eigenvalue weighted by Gasteiger charge is 2.06. The second-order valence-corrected chi connectivity index (χ2v) is 2.87. The lowest BCUT2D eigenvalue weighted by Crippen LogP contribution is -1.93. The van der Waals surface area contributed by atoms with Gasteiger partial charge in [-0.25, -0.2) is 0 Å². The fourth-order valence-electron chi connectivity index (χ4n) is 1.06. The van der Waals surface area contributed by atoms with Crippen LogP contribution in [0.15, 0.2) is 61.4 Å². The first-order valence-corrected chi connectivity index (χ1v) is 7.55. The van der Waals surface area contributed by atoms with Crippen LogP contribution >= 0.6 is 0 Å².